The number of hydrogen-bond acceptors (Lipinski definition) is 6. The van der Waals surface area contributed by atoms with Crippen molar-refractivity contribution in [3.8, 4) is 17.3 Å². The molecule has 0 spiro atoms. The first-order valence-corrected chi connectivity index (χ1v) is 10.2. The molecule has 1 saturated heterocycles. The molecule has 8 nitrogen and oxygen atoms in total. The third-order valence-electron chi connectivity index (χ3n) is 5.66. The Morgan fingerprint density at radius 1 is 1.30 bits per heavy atom. The van der Waals surface area contributed by atoms with Gasteiger partial charge in [0.25, 0.3) is 0 Å². The second kappa shape index (κ2) is 7.76. The molecule has 5 rings (SSSR count). The maximum atomic E-state index is 9.46. The van der Waals surface area contributed by atoms with Gasteiger partial charge in [0.2, 0.25) is 0 Å². The molecule has 4 aromatic rings. The van der Waals surface area contributed by atoms with Crippen LogP contribution < -0.4 is 4.90 Å². The summed E-state index contributed by atoms with van der Waals surface area (Å²) in [6.45, 7) is 1.69. The quantitative estimate of drug-likeness (QED) is 0.494. The highest BCUT2D eigenvalue weighted by Gasteiger charge is 2.32. The summed E-state index contributed by atoms with van der Waals surface area (Å²) >= 11 is 6.05. The van der Waals surface area contributed by atoms with Crippen LogP contribution in [0.2, 0.25) is 5.15 Å². The molecular formula is C21H19ClN8. The minimum absolute atomic E-state index is 0.0171. The number of nitrogens with zero attached hydrogens (tertiary/aromatic N) is 7. The lowest BCUT2D eigenvalue weighted by atomic mass is 9.96. The van der Waals surface area contributed by atoms with E-state index >= 15 is 0 Å². The summed E-state index contributed by atoms with van der Waals surface area (Å²) in [5, 5.41) is 15.5. The predicted molar refractivity (Wildman–Crippen MR) is 114 cm³/mol. The van der Waals surface area contributed by atoms with Crippen molar-refractivity contribution < 1.29 is 0 Å². The standard InChI is InChI=1S/C21H19ClN8/c22-18-2-1-3-19(28-18)29-9-6-14(11-29)17(4-7-23)30-12-15(10-27-30)20-16-5-8-24-21(16)26-13-25-20/h1-3,5,8,10,12-14,17H,4,6,9,11H2,(H,24,25,26)/t14?,17-/m1/s1. The zero-order valence-electron chi connectivity index (χ0n) is 16.1. The van der Waals surface area contributed by atoms with E-state index in [1.165, 1.54) is 0 Å². The number of fused-ring (bicyclic) bond motifs is 1. The highest BCUT2D eigenvalue weighted by atomic mass is 35.5. The average Bonchev–Trinajstić information content (AvgIpc) is 3.52. The van der Waals surface area contributed by atoms with E-state index in [-0.39, 0.29) is 12.0 Å². The fourth-order valence-electron chi connectivity index (χ4n) is 4.20. The van der Waals surface area contributed by atoms with Gasteiger partial charge >= 0.3 is 0 Å². The number of aromatic amines is 1. The smallest absolute Gasteiger partial charge is 0.141 e. The van der Waals surface area contributed by atoms with Crippen molar-refractivity contribution in [2.75, 3.05) is 18.0 Å². The van der Waals surface area contributed by atoms with Crippen molar-refractivity contribution in [3.05, 3.63) is 54.3 Å². The second-order valence-corrected chi connectivity index (χ2v) is 7.80. The van der Waals surface area contributed by atoms with Gasteiger partial charge in [-0.3, -0.25) is 4.68 Å². The molecule has 1 aliphatic rings. The lowest BCUT2D eigenvalue weighted by molar-refractivity contribution is 0.332. The molecule has 0 bridgehead atoms. The Labute approximate surface area is 178 Å². The van der Waals surface area contributed by atoms with Crippen LogP contribution in [0.4, 0.5) is 5.82 Å². The van der Waals surface area contributed by atoms with Crippen LogP contribution in [0.25, 0.3) is 22.3 Å². The van der Waals surface area contributed by atoms with Crippen molar-refractivity contribution in [1.82, 2.24) is 29.7 Å². The van der Waals surface area contributed by atoms with Gasteiger partial charge in [-0.25, -0.2) is 15.0 Å². The van der Waals surface area contributed by atoms with Crippen molar-refractivity contribution in [2.24, 2.45) is 5.92 Å². The molecule has 4 aromatic heterocycles. The van der Waals surface area contributed by atoms with E-state index in [9.17, 15) is 5.26 Å². The van der Waals surface area contributed by atoms with Crippen molar-refractivity contribution in [2.45, 2.75) is 18.9 Å². The molecule has 150 valence electrons. The summed E-state index contributed by atoms with van der Waals surface area (Å²) < 4.78 is 1.92. The summed E-state index contributed by atoms with van der Waals surface area (Å²) in [5.41, 5.74) is 2.54. The summed E-state index contributed by atoms with van der Waals surface area (Å²) in [5.74, 6) is 1.16. The largest absolute Gasteiger partial charge is 0.356 e. The summed E-state index contributed by atoms with van der Waals surface area (Å²) in [6.07, 6.45) is 8.55. The van der Waals surface area contributed by atoms with E-state index in [1.54, 1.807) is 12.4 Å². The molecule has 1 unspecified atom stereocenters. The number of nitrogens with one attached hydrogen (secondary N) is 1. The average molecular weight is 419 g/mol. The molecule has 1 N–H and O–H groups in total. The van der Waals surface area contributed by atoms with Gasteiger partial charge in [-0.2, -0.15) is 10.4 Å². The molecule has 0 aromatic carbocycles. The maximum Gasteiger partial charge on any atom is 0.141 e. The normalized spacial score (nSPS) is 17.3. The molecule has 0 saturated carbocycles. The Morgan fingerprint density at radius 3 is 3.10 bits per heavy atom. The second-order valence-electron chi connectivity index (χ2n) is 7.41. The van der Waals surface area contributed by atoms with Gasteiger partial charge in [-0.15, -0.1) is 0 Å². The first kappa shape index (κ1) is 18.6. The van der Waals surface area contributed by atoms with Gasteiger partial charge in [-0.05, 0) is 24.6 Å². The minimum atomic E-state index is -0.0171. The van der Waals surface area contributed by atoms with Crippen LogP contribution in [0, 0.1) is 17.2 Å². The number of halogens is 1. The first-order chi connectivity index (χ1) is 14.7. The van der Waals surface area contributed by atoms with Crippen LogP contribution in [-0.4, -0.2) is 42.8 Å². The lowest BCUT2D eigenvalue weighted by Gasteiger charge is -2.23. The fourth-order valence-corrected chi connectivity index (χ4v) is 4.36. The summed E-state index contributed by atoms with van der Waals surface area (Å²) in [6, 6.07) is 9.93. The van der Waals surface area contributed by atoms with E-state index in [4.69, 9.17) is 11.6 Å². The van der Waals surface area contributed by atoms with Crippen molar-refractivity contribution >= 4 is 28.5 Å². The Bertz CT molecular complexity index is 1220. The van der Waals surface area contributed by atoms with E-state index in [1.807, 2.05) is 41.5 Å². The van der Waals surface area contributed by atoms with E-state index in [2.05, 4.69) is 36.0 Å². The van der Waals surface area contributed by atoms with Crippen LogP contribution in [-0.2, 0) is 0 Å². The van der Waals surface area contributed by atoms with Gasteiger partial charge in [0, 0.05) is 42.4 Å². The molecule has 2 atom stereocenters. The van der Waals surface area contributed by atoms with Crippen LogP contribution in [0.1, 0.15) is 18.9 Å². The Kier molecular flexibility index (Phi) is 4.81. The van der Waals surface area contributed by atoms with Gasteiger partial charge in [0.05, 0.1) is 30.4 Å². The third kappa shape index (κ3) is 3.37. The van der Waals surface area contributed by atoms with E-state index in [0.717, 1.165) is 47.6 Å². The Morgan fingerprint density at radius 2 is 2.23 bits per heavy atom. The monoisotopic (exact) mass is 418 g/mol. The number of hydrogen-bond donors (Lipinski definition) is 1. The van der Waals surface area contributed by atoms with Crippen LogP contribution >= 0.6 is 11.6 Å². The molecule has 5 heterocycles. The molecule has 0 amide bonds. The third-order valence-corrected chi connectivity index (χ3v) is 5.87. The maximum absolute atomic E-state index is 9.46. The highest BCUT2D eigenvalue weighted by molar-refractivity contribution is 6.29. The number of H-pyrrole nitrogens is 1. The topological polar surface area (TPSA) is 99.3 Å². The molecule has 1 aliphatic heterocycles. The highest BCUT2D eigenvalue weighted by Crippen LogP contribution is 2.34. The number of rotatable bonds is 5. The molecule has 0 aliphatic carbocycles. The lowest BCUT2D eigenvalue weighted by Crippen LogP contribution is -2.25. The van der Waals surface area contributed by atoms with Gasteiger partial charge in [0.15, 0.2) is 0 Å². The molecule has 0 radical (unpaired) electrons. The summed E-state index contributed by atoms with van der Waals surface area (Å²) in [7, 11) is 0. The molecular weight excluding hydrogens is 400 g/mol. The molecule has 1 fully saturated rings. The molecule has 9 heteroatoms. The first-order valence-electron chi connectivity index (χ1n) is 9.80. The van der Waals surface area contributed by atoms with Crippen molar-refractivity contribution in [3.63, 3.8) is 0 Å². The number of nitriles is 1. The SMILES string of the molecule is N#CC[C@H](C1CCN(c2cccc(Cl)n2)C1)n1cc(-c2ncnc3[nH]ccc23)cn1. The van der Waals surface area contributed by atoms with Crippen LogP contribution in [0.15, 0.2) is 49.2 Å². The summed E-state index contributed by atoms with van der Waals surface area (Å²) in [4.78, 5) is 18.4. The fraction of sp³-hybridized carbons (Fsp3) is 0.286. The zero-order chi connectivity index (χ0) is 20.5. The minimum Gasteiger partial charge on any atom is -0.356 e. The predicted octanol–water partition coefficient (Wildman–Crippen LogP) is 3.85. The van der Waals surface area contributed by atoms with E-state index < -0.39 is 0 Å². The Hall–Kier alpha value is -3.44. The number of pyridine rings is 1. The molecule has 30 heavy (non-hydrogen) atoms. The van der Waals surface area contributed by atoms with Crippen molar-refractivity contribution in [1.29, 1.82) is 5.26 Å². The van der Waals surface area contributed by atoms with Crippen LogP contribution in [0.5, 0.6) is 0 Å². The van der Waals surface area contributed by atoms with Gasteiger partial charge < -0.3 is 9.88 Å². The Balaban J connectivity index is 1.41. The number of anilines is 1. The zero-order valence-corrected chi connectivity index (χ0v) is 16.9. The van der Waals surface area contributed by atoms with Gasteiger partial charge in [-0.1, -0.05) is 17.7 Å². The van der Waals surface area contributed by atoms with Crippen LogP contribution in [0.3, 0.4) is 0 Å². The van der Waals surface area contributed by atoms with Gasteiger partial charge in [0.1, 0.15) is 22.9 Å². The number of aromatic nitrogens is 6. The van der Waals surface area contributed by atoms with E-state index in [0.29, 0.717) is 11.6 Å².